The number of nitrogens with one attached hydrogen (secondary N) is 2. The first kappa shape index (κ1) is 18.4. The van der Waals surface area contributed by atoms with Crippen molar-refractivity contribution < 1.29 is 18.0 Å². The van der Waals surface area contributed by atoms with Crippen molar-refractivity contribution in [2.75, 3.05) is 10.6 Å². The zero-order valence-corrected chi connectivity index (χ0v) is 14.4. The van der Waals surface area contributed by atoms with E-state index >= 15 is 0 Å². The second-order valence-electron chi connectivity index (χ2n) is 5.99. The highest BCUT2D eigenvalue weighted by Gasteiger charge is 2.13. The molecule has 7 heteroatoms. The third kappa shape index (κ3) is 4.63. The highest BCUT2D eigenvalue weighted by molar-refractivity contribution is 5.91. The van der Waals surface area contributed by atoms with Crippen LogP contribution >= 0.6 is 0 Å². The average molecular weight is 371 g/mol. The Balaban J connectivity index is 1.63. The summed E-state index contributed by atoms with van der Waals surface area (Å²) in [6.45, 7) is 1.95. The molecule has 0 atom stereocenters. The maximum Gasteiger partial charge on any atom is 0.229 e. The molecule has 1 amide bonds. The molecular formula is C20H16F3N3O. The molecule has 138 valence electrons. The number of benzene rings is 2. The lowest BCUT2D eigenvalue weighted by Crippen LogP contribution is -2.15. The van der Waals surface area contributed by atoms with Crippen molar-refractivity contribution in [2.24, 2.45) is 0 Å². The molecule has 0 bridgehead atoms. The number of aryl methyl sites for hydroxylation is 1. The predicted molar refractivity (Wildman–Crippen MR) is 97.3 cm³/mol. The van der Waals surface area contributed by atoms with Gasteiger partial charge in [-0.05, 0) is 36.8 Å². The fourth-order valence-electron chi connectivity index (χ4n) is 2.51. The number of amides is 1. The van der Waals surface area contributed by atoms with Gasteiger partial charge in [-0.3, -0.25) is 4.79 Å². The summed E-state index contributed by atoms with van der Waals surface area (Å²) in [5, 5.41) is 5.28. The van der Waals surface area contributed by atoms with Crippen LogP contribution in [0.3, 0.4) is 0 Å². The molecule has 0 aliphatic carbocycles. The van der Waals surface area contributed by atoms with Gasteiger partial charge >= 0.3 is 0 Å². The van der Waals surface area contributed by atoms with Crippen LogP contribution in [-0.2, 0) is 11.2 Å². The van der Waals surface area contributed by atoms with Gasteiger partial charge in [-0.25, -0.2) is 18.2 Å². The van der Waals surface area contributed by atoms with Gasteiger partial charge < -0.3 is 10.6 Å². The van der Waals surface area contributed by atoms with E-state index in [1.165, 1.54) is 18.3 Å². The number of carbonyl (C=O) groups excluding carboxylic acids is 1. The van der Waals surface area contributed by atoms with Crippen molar-refractivity contribution >= 4 is 23.1 Å². The van der Waals surface area contributed by atoms with Crippen LogP contribution in [0, 0.1) is 24.4 Å². The van der Waals surface area contributed by atoms with Gasteiger partial charge in [-0.15, -0.1) is 0 Å². The Labute approximate surface area is 154 Å². The van der Waals surface area contributed by atoms with Crippen LogP contribution < -0.4 is 10.6 Å². The lowest BCUT2D eigenvalue weighted by molar-refractivity contribution is -0.115. The summed E-state index contributed by atoms with van der Waals surface area (Å²) in [6.07, 6.45) is 1.56. The Kier molecular flexibility index (Phi) is 5.40. The molecule has 2 aromatic carbocycles. The van der Waals surface area contributed by atoms with Gasteiger partial charge in [-0.1, -0.05) is 29.8 Å². The number of nitrogens with zero attached hydrogens (tertiary/aromatic N) is 1. The van der Waals surface area contributed by atoms with E-state index < -0.39 is 17.5 Å². The molecule has 0 saturated carbocycles. The average Bonchev–Trinajstić information content (AvgIpc) is 2.64. The van der Waals surface area contributed by atoms with E-state index in [1.54, 1.807) is 0 Å². The van der Waals surface area contributed by atoms with Gasteiger partial charge in [0.05, 0.1) is 24.0 Å². The smallest absolute Gasteiger partial charge is 0.229 e. The second kappa shape index (κ2) is 7.90. The highest BCUT2D eigenvalue weighted by atomic mass is 19.2. The summed E-state index contributed by atoms with van der Waals surface area (Å²) < 4.78 is 39.9. The Morgan fingerprint density at radius 2 is 1.85 bits per heavy atom. The molecule has 0 spiro atoms. The summed E-state index contributed by atoms with van der Waals surface area (Å²) in [5.74, 6) is -4.02. The van der Waals surface area contributed by atoms with Crippen molar-refractivity contribution in [3.05, 3.63) is 83.3 Å². The SMILES string of the molecule is Cc1cccc(CC(=O)Nc2ccc(Nc3ccc(F)c(F)c3F)cn2)c1. The van der Waals surface area contributed by atoms with Crippen LogP contribution in [0.15, 0.2) is 54.7 Å². The predicted octanol–water partition coefficient (Wildman–Crippen LogP) is 4.73. The van der Waals surface area contributed by atoms with Crippen molar-refractivity contribution in [2.45, 2.75) is 13.3 Å². The maximum absolute atomic E-state index is 13.7. The van der Waals surface area contributed by atoms with Gasteiger partial charge in [0.2, 0.25) is 5.91 Å². The molecule has 0 radical (unpaired) electrons. The van der Waals surface area contributed by atoms with Crippen LogP contribution in [0.25, 0.3) is 0 Å². The minimum absolute atomic E-state index is 0.212. The van der Waals surface area contributed by atoms with E-state index in [9.17, 15) is 18.0 Å². The minimum atomic E-state index is -1.55. The Morgan fingerprint density at radius 3 is 2.56 bits per heavy atom. The molecule has 0 saturated heterocycles. The van der Waals surface area contributed by atoms with Crippen LogP contribution in [0.5, 0.6) is 0 Å². The molecule has 1 aromatic heterocycles. The monoisotopic (exact) mass is 371 g/mol. The molecule has 2 N–H and O–H groups in total. The van der Waals surface area contributed by atoms with Gasteiger partial charge in [0.25, 0.3) is 0 Å². The van der Waals surface area contributed by atoms with Crippen molar-refractivity contribution in [3.8, 4) is 0 Å². The first-order valence-corrected chi connectivity index (χ1v) is 8.14. The van der Waals surface area contributed by atoms with E-state index in [0.717, 1.165) is 23.3 Å². The zero-order chi connectivity index (χ0) is 19.4. The lowest BCUT2D eigenvalue weighted by Gasteiger charge is -2.09. The molecule has 4 nitrogen and oxygen atoms in total. The maximum atomic E-state index is 13.7. The number of hydrogen-bond donors (Lipinski definition) is 2. The van der Waals surface area contributed by atoms with Crippen molar-refractivity contribution in [1.82, 2.24) is 4.98 Å². The number of anilines is 3. The Bertz CT molecular complexity index is 975. The third-order valence-electron chi connectivity index (χ3n) is 3.79. The van der Waals surface area contributed by atoms with E-state index in [0.29, 0.717) is 11.5 Å². The van der Waals surface area contributed by atoms with Crippen LogP contribution in [0.4, 0.5) is 30.4 Å². The quantitative estimate of drug-likeness (QED) is 0.638. The summed E-state index contributed by atoms with van der Waals surface area (Å²) >= 11 is 0. The zero-order valence-electron chi connectivity index (χ0n) is 14.4. The highest BCUT2D eigenvalue weighted by Crippen LogP contribution is 2.23. The van der Waals surface area contributed by atoms with E-state index in [1.807, 2.05) is 31.2 Å². The van der Waals surface area contributed by atoms with E-state index in [4.69, 9.17) is 0 Å². The van der Waals surface area contributed by atoms with Gasteiger partial charge in [0.1, 0.15) is 5.82 Å². The lowest BCUT2D eigenvalue weighted by atomic mass is 10.1. The first-order valence-electron chi connectivity index (χ1n) is 8.14. The number of hydrogen-bond acceptors (Lipinski definition) is 3. The van der Waals surface area contributed by atoms with Crippen LogP contribution in [0.2, 0.25) is 0 Å². The van der Waals surface area contributed by atoms with Gasteiger partial charge in [-0.2, -0.15) is 0 Å². The summed E-state index contributed by atoms with van der Waals surface area (Å²) in [6, 6.07) is 12.6. The minimum Gasteiger partial charge on any atom is -0.352 e. The van der Waals surface area contributed by atoms with Gasteiger partial charge in [0, 0.05) is 0 Å². The standard InChI is InChI=1S/C20H16F3N3O/c1-12-3-2-4-13(9-12)10-18(27)26-17-8-5-14(11-24-17)25-16-7-6-15(21)19(22)20(16)23/h2-9,11,25H,10H2,1H3,(H,24,26,27). The molecule has 0 fully saturated rings. The molecule has 0 unspecified atom stereocenters. The first-order chi connectivity index (χ1) is 12.9. The molecule has 3 rings (SSSR count). The van der Waals surface area contributed by atoms with Crippen LogP contribution in [0.1, 0.15) is 11.1 Å². The normalized spacial score (nSPS) is 10.5. The molecule has 3 aromatic rings. The largest absolute Gasteiger partial charge is 0.352 e. The summed E-state index contributed by atoms with van der Waals surface area (Å²) in [4.78, 5) is 16.1. The summed E-state index contributed by atoms with van der Waals surface area (Å²) in [5.41, 5.74) is 2.10. The fraction of sp³-hybridized carbons (Fsp3) is 0.100. The Hall–Kier alpha value is -3.35. The van der Waals surface area contributed by atoms with Gasteiger partial charge in [0.15, 0.2) is 17.5 Å². The number of pyridine rings is 1. The molecule has 1 heterocycles. The number of rotatable bonds is 5. The second-order valence-corrected chi connectivity index (χ2v) is 5.99. The fourth-order valence-corrected chi connectivity index (χ4v) is 2.51. The topological polar surface area (TPSA) is 54.0 Å². The van der Waals surface area contributed by atoms with E-state index in [-0.39, 0.29) is 18.0 Å². The molecule has 0 aliphatic rings. The molecule has 0 aliphatic heterocycles. The molecular weight excluding hydrogens is 355 g/mol. The van der Waals surface area contributed by atoms with Crippen molar-refractivity contribution in [1.29, 1.82) is 0 Å². The number of carbonyl (C=O) groups is 1. The van der Waals surface area contributed by atoms with E-state index in [2.05, 4.69) is 15.6 Å². The Morgan fingerprint density at radius 1 is 1.04 bits per heavy atom. The summed E-state index contributed by atoms with van der Waals surface area (Å²) in [7, 11) is 0. The number of aromatic nitrogens is 1. The van der Waals surface area contributed by atoms with Crippen LogP contribution in [-0.4, -0.2) is 10.9 Å². The van der Waals surface area contributed by atoms with Crippen molar-refractivity contribution in [3.63, 3.8) is 0 Å². The third-order valence-corrected chi connectivity index (χ3v) is 3.79. The number of halogens is 3. The molecule has 27 heavy (non-hydrogen) atoms.